The SMILES string of the molecule is NC(=O)c1cc(OCCNCC(O)COc2ccc(O)cc2)ccc1O. The van der Waals surface area contributed by atoms with Crippen molar-refractivity contribution < 1.29 is 29.6 Å². The zero-order valence-electron chi connectivity index (χ0n) is 14.1. The number of benzene rings is 2. The van der Waals surface area contributed by atoms with Gasteiger partial charge in [0.2, 0.25) is 0 Å². The van der Waals surface area contributed by atoms with Crippen LogP contribution < -0.4 is 20.5 Å². The molecule has 8 heteroatoms. The number of hydrogen-bond donors (Lipinski definition) is 5. The van der Waals surface area contributed by atoms with Crippen molar-refractivity contribution in [1.29, 1.82) is 0 Å². The van der Waals surface area contributed by atoms with Crippen molar-refractivity contribution in [1.82, 2.24) is 5.32 Å². The average Bonchev–Trinajstić information content (AvgIpc) is 2.62. The van der Waals surface area contributed by atoms with Crippen molar-refractivity contribution in [2.75, 3.05) is 26.3 Å². The fourth-order valence-corrected chi connectivity index (χ4v) is 2.11. The van der Waals surface area contributed by atoms with Crippen LogP contribution in [0, 0.1) is 0 Å². The van der Waals surface area contributed by atoms with Crippen LogP contribution >= 0.6 is 0 Å². The van der Waals surface area contributed by atoms with Gasteiger partial charge in [0.15, 0.2) is 0 Å². The van der Waals surface area contributed by atoms with Gasteiger partial charge in [0.05, 0.1) is 5.56 Å². The van der Waals surface area contributed by atoms with Crippen LogP contribution in [0.2, 0.25) is 0 Å². The van der Waals surface area contributed by atoms with Gasteiger partial charge in [-0.05, 0) is 42.5 Å². The summed E-state index contributed by atoms with van der Waals surface area (Å²) in [5.41, 5.74) is 5.15. The Morgan fingerprint density at radius 1 is 1.08 bits per heavy atom. The minimum absolute atomic E-state index is 0.00254. The highest BCUT2D eigenvalue weighted by atomic mass is 16.5. The number of nitrogens with two attached hydrogens (primary N) is 1. The summed E-state index contributed by atoms with van der Waals surface area (Å²) >= 11 is 0. The highest BCUT2D eigenvalue weighted by Crippen LogP contribution is 2.22. The Morgan fingerprint density at radius 3 is 2.46 bits per heavy atom. The van der Waals surface area contributed by atoms with Gasteiger partial charge in [-0.3, -0.25) is 4.79 Å². The Hall–Kier alpha value is -2.97. The van der Waals surface area contributed by atoms with E-state index in [0.717, 1.165) is 0 Å². The number of aliphatic hydroxyl groups excluding tert-OH is 1. The molecule has 0 radical (unpaired) electrons. The van der Waals surface area contributed by atoms with E-state index in [1.54, 1.807) is 12.1 Å². The van der Waals surface area contributed by atoms with Crippen LogP contribution in [-0.4, -0.2) is 53.6 Å². The molecule has 2 rings (SSSR count). The Labute approximate surface area is 150 Å². The van der Waals surface area contributed by atoms with Crippen molar-refractivity contribution in [2.24, 2.45) is 5.73 Å². The highest BCUT2D eigenvalue weighted by molar-refractivity contribution is 5.95. The molecule has 0 fully saturated rings. The lowest BCUT2D eigenvalue weighted by atomic mass is 10.2. The predicted octanol–water partition coefficient (Wildman–Crippen LogP) is 0.605. The van der Waals surface area contributed by atoms with Gasteiger partial charge >= 0.3 is 0 Å². The summed E-state index contributed by atoms with van der Waals surface area (Å²) in [6.07, 6.45) is -0.709. The number of ether oxygens (including phenoxy) is 2. The number of aliphatic hydroxyl groups is 1. The lowest BCUT2D eigenvalue weighted by Gasteiger charge is -2.14. The molecule has 0 heterocycles. The molecule has 2 aromatic carbocycles. The minimum atomic E-state index is -0.733. The second-order valence-corrected chi connectivity index (χ2v) is 5.55. The standard InChI is InChI=1S/C18H22N2O6/c19-18(24)16-9-15(5-6-17(16)23)25-8-7-20-10-13(22)11-26-14-3-1-12(21)2-4-14/h1-6,9,13,20-23H,7-8,10-11H2,(H2,19,24). The van der Waals surface area contributed by atoms with Gasteiger partial charge in [-0.1, -0.05) is 0 Å². The van der Waals surface area contributed by atoms with E-state index < -0.39 is 12.0 Å². The predicted molar refractivity (Wildman–Crippen MR) is 94.6 cm³/mol. The van der Waals surface area contributed by atoms with Gasteiger partial charge in [-0.2, -0.15) is 0 Å². The number of aromatic hydroxyl groups is 2. The van der Waals surface area contributed by atoms with Crippen LogP contribution in [0.4, 0.5) is 0 Å². The first-order valence-corrected chi connectivity index (χ1v) is 8.02. The van der Waals surface area contributed by atoms with E-state index in [1.165, 1.54) is 30.3 Å². The van der Waals surface area contributed by atoms with Gasteiger partial charge in [0, 0.05) is 13.1 Å². The molecule has 26 heavy (non-hydrogen) atoms. The molecular weight excluding hydrogens is 340 g/mol. The van der Waals surface area contributed by atoms with E-state index in [-0.39, 0.29) is 23.7 Å². The Kier molecular flexibility index (Phi) is 7.07. The lowest BCUT2D eigenvalue weighted by molar-refractivity contribution is 0.0996. The quantitative estimate of drug-likeness (QED) is 0.391. The first kappa shape index (κ1) is 19.4. The van der Waals surface area contributed by atoms with Crippen LogP contribution in [0.3, 0.4) is 0 Å². The molecule has 0 saturated heterocycles. The number of nitrogens with one attached hydrogen (secondary N) is 1. The molecular formula is C18H22N2O6. The summed E-state index contributed by atoms with van der Waals surface area (Å²) in [7, 11) is 0. The largest absolute Gasteiger partial charge is 0.508 e. The number of phenols is 2. The topological polar surface area (TPSA) is 134 Å². The van der Waals surface area contributed by atoms with Crippen molar-refractivity contribution in [2.45, 2.75) is 6.10 Å². The molecule has 8 nitrogen and oxygen atoms in total. The van der Waals surface area contributed by atoms with Crippen LogP contribution in [0.1, 0.15) is 10.4 Å². The average molecular weight is 362 g/mol. The molecule has 140 valence electrons. The second kappa shape index (κ2) is 9.50. The monoisotopic (exact) mass is 362 g/mol. The second-order valence-electron chi connectivity index (χ2n) is 5.55. The molecule has 1 amide bonds. The molecule has 1 unspecified atom stereocenters. The Balaban J connectivity index is 1.63. The summed E-state index contributed by atoms with van der Waals surface area (Å²) in [5, 5.41) is 31.5. The fourth-order valence-electron chi connectivity index (χ4n) is 2.11. The summed E-state index contributed by atoms with van der Waals surface area (Å²) in [4.78, 5) is 11.1. The van der Waals surface area contributed by atoms with E-state index in [1.807, 2.05) is 0 Å². The van der Waals surface area contributed by atoms with Crippen LogP contribution in [0.25, 0.3) is 0 Å². The Morgan fingerprint density at radius 2 is 1.77 bits per heavy atom. The van der Waals surface area contributed by atoms with Gasteiger partial charge in [-0.25, -0.2) is 0 Å². The van der Waals surface area contributed by atoms with Crippen LogP contribution in [0.5, 0.6) is 23.0 Å². The third-order valence-corrected chi connectivity index (χ3v) is 3.44. The summed E-state index contributed by atoms with van der Waals surface area (Å²) in [5.74, 6) is 0.191. The molecule has 0 aromatic heterocycles. The highest BCUT2D eigenvalue weighted by Gasteiger charge is 2.09. The maximum atomic E-state index is 11.1. The van der Waals surface area contributed by atoms with E-state index in [0.29, 0.717) is 31.2 Å². The molecule has 0 saturated carbocycles. The van der Waals surface area contributed by atoms with Gasteiger partial charge in [0.25, 0.3) is 5.91 Å². The number of rotatable bonds is 10. The lowest BCUT2D eigenvalue weighted by Crippen LogP contribution is -2.33. The summed E-state index contributed by atoms with van der Waals surface area (Å²) in [6, 6.07) is 10.5. The number of carbonyl (C=O) groups excluding carboxylic acids is 1. The molecule has 6 N–H and O–H groups in total. The van der Waals surface area contributed by atoms with Crippen molar-refractivity contribution >= 4 is 5.91 Å². The third kappa shape index (κ3) is 6.15. The number of primary amides is 1. The van der Waals surface area contributed by atoms with Crippen LogP contribution in [0.15, 0.2) is 42.5 Å². The zero-order chi connectivity index (χ0) is 18.9. The first-order valence-electron chi connectivity index (χ1n) is 8.02. The van der Waals surface area contributed by atoms with Crippen molar-refractivity contribution in [3.05, 3.63) is 48.0 Å². The van der Waals surface area contributed by atoms with Crippen molar-refractivity contribution in [3.8, 4) is 23.0 Å². The fraction of sp³-hybridized carbons (Fsp3) is 0.278. The molecule has 0 spiro atoms. The maximum Gasteiger partial charge on any atom is 0.252 e. The smallest absolute Gasteiger partial charge is 0.252 e. The van der Waals surface area contributed by atoms with E-state index in [4.69, 9.17) is 15.2 Å². The number of phenolic OH excluding ortho intramolecular Hbond substituents is 1. The molecule has 0 aliphatic carbocycles. The van der Waals surface area contributed by atoms with Gasteiger partial charge < -0.3 is 35.8 Å². The summed E-state index contributed by atoms with van der Waals surface area (Å²) < 4.78 is 10.9. The van der Waals surface area contributed by atoms with E-state index in [2.05, 4.69) is 5.32 Å². The minimum Gasteiger partial charge on any atom is -0.508 e. The molecule has 0 bridgehead atoms. The van der Waals surface area contributed by atoms with Crippen LogP contribution in [-0.2, 0) is 0 Å². The van der Waals surface area contributed by atoms with Gasteiger partial charge in [0.1, 0.15) is 42.3 Å². The number of carbonyl (C=O) groups is 1. The van der Waals surface area contributed by atoms with Crippen molar-refractivity contribution in [3.63, 3.8) is 0 Å². The molecule has 1 atom stereocenters. The number of amides is 1. The Bertz CT molecular complexity index is 720. The number of hydrogen-bond acceptors (Lipinski definition) is 7. The summed E-state index contributed by atoms with van der Waals surface area (Å²) in [6.45, 7) is 1.18. The third-order valence-electron chi connectivity index (χ3n) is 3.44. The zero-order valence-corrected chi connectivity index (χ0v) is 14.1. The normalized spacial score (nSPS) is 11.7. The molecule has 0 aliphatic rings. The maximum absolute atomic E-state index is 11.1. The van der Waals surface area contributed by atoms with E-state index in [9.17, 15) is 20.1 Å². The first-order chi connectivity index (χ1) is 12.5. The van der Waals surface area contributed by atoms with Gasteiger partial charge in [-0.15, -0.1) is 0 Å². The van der Waals surface area contributed by atoms with E-state index >= 15 is 0 Å². The molecule has 2 aromatic rings. The molecule has 0 aliphatic heterocycles.